The number of hydrogen-bond donors (Lipinski definition) is 1. The third kappa shape index (κ3) is 4.52. The van der Waals surface area contributed by atoms with Crippen LogP contribution >= 0.6 is 23.4 Å². The number of benzene rings is 1. The van der Waals surface area contributed by atoms with Gasteiger partial charge in [0.05, 0.1) is 11.6 Å². The lowest BCUT2D eigenvalue weighted by molar-refractivity contribution is -0.135. The summed E-state index contributed by atoms with van der Waals surface area (Å²) >= 11 is 7.42. The lowest BCUT2D eigenvalue weighted by atomic mass is 10.0. The van der Waals surface area contributed by atoms with Gasteiger partial charge in [-0.2, -0.15) is 0 Å². The van der Waals surface area contributed by atoms with Gasteiger partial charge in [0.25, 0.3) is 5.24 Å². The zero-order chi connectivity index (χ0) is 16.2. The van der Waals surface area contributed by atoms with Gasteiger partial charge in [-0.1, -0.05) is 24.4 Å². The van der Waals surface area contributed by atoms with Crippen molar-refractivity contribution in [3.8, 4) is 5.75 Å². The maximum absolute atomic E-state index is 12.0. The fourth-order valence-electron chi connectivity index (χ4n) is 2.92. The number of carbonyl (C=O) groups excluding carboxylic acids is 2. The van der Waals surface area contributed by atoms with Gasteiger partial charge in [-0.15, -0.1) is 0 Å². The van der Waals surface area contributed by atoms with Crippen LogP contribution in [-0.2, 0) is 4.79 Å². The predicted molar refractivity (Wildman–Crippen MR) is 92.6 cm³/mol. The second-order valence-corrected chi connectivity index (χ2v) is 7.37. The van der Waals surface area contributed by atoms with E-state index in [4.69, 9.17) is 16.3 Å². The minimum Gasteiger partial charge on any atom is -0.426 e. The molecule has 1 saturated carbocycles. The van der Waals surface area contributed by atoms with E-state index in [0.717, 1.165) is 23.3 Å². The summed E-state index contributed by atoms with van der Waals surface area (Å²) in [6.45, 7) is 0.526. The van der Waals surface area contributed by atoms with Crippen LogP contribution in [0.5, 0.6) is 5.75 Å². The Hall–Kier alpha value is -1.46. The number of amides is 1. The second-order valence-electron chi connectivity index (χ2n) is 5.87. The van der Waals surface area contributed by atoms with Gasteiger partial charge in [0.15, 0.2) is 0 Å². The minimum absolute atomic E-state index is 0.0511. The maximum Gasteiger partial charge on any atom is 0.311 e. The van der Waals surface area contributed by atoms with E-state index in [1.54, 1.807) is 18.2 Å². The van der Waals surface area contributed by atoms with Crippen LogP contribution in [0.3, 0.4) is 0 Å². The summed E-state index contributed by atoms with van der Waals surface area (Å²) in [7, 11) is 0. The van der Waals surface area contributed by atoms with Crippen LogP contribution in [0.15, 0.2) is 23.1 Å². The summed E-state index contributed by atoms with van der Waals surface area (Å²) in [6.07, 6.45) is 7.01. The number of nitrogens with one attached hydrogen (secondary N) is 1. The molecule has 0 radical (unpaired) electrons. The van der Waals surface area contributed by atoms with E-state index in [1.807, 2.05) is 6.08 Å². The Balaban J connectivity index is 1.62. The number of hydrogen-bond acceptors (Lipinski definition) is 4. The molecule has 1 amide bonds. The molecule has 23 heavy (non-hydrogen) atoms. The third-order valence-corrected chi connectivity index (χ3v) is 5.26. The van der Waals surface area contributed by atoms with Crippen molar-refractivity contribution >= 4 is 40.6 Å². The van der Waals surface area contributed by atoms with Gasteiger partial charge in [-0.05, 0) is 54.3 Å². The Bertz CT molecular complexity index is 653. The summed E-state index contributed by atoms with van der Waals surface area (Å²) in [5.41, 5.74) is 0.807. The van der Waals surface area contributed by atoms with Crippen LogP contribution in [0.25, 0.3) is 6.08 Å². The second kappa shape index (κ2) is 7.41. The molecule has 0 bridgehead atoms. The molecule has 2 aliphatic rings. The Labute approximate surface area is 144 Å². The topological polar surface area (TPSA) is 55.4 Å². The van der Waals surface area contributed by atoms with Gasteiger partial charge < -0.3 is 10.1 Å². The van der Waals surface area contributed by atoms with Gasteiger partial charge in [0.1, 0.15) is 5.75 Å². The van der Waals surface area contributed by atoms with E-state index in [2.05, 4.69) is 5.32 Å². The van der Waals surface area contributed by atoms with Crippen molar-refractivity contribution in [1.29, 1.82) is 0 Å². The van der Waals surface area contributed by atoms with Crippen LogP contribution in [0.2, 0.25) is 5.02 Å². The Morgan fingerprint density at radius 1 is 1.39 bits per heavy atom. The largest absolute Gasteiger partial charge is 0.426 e. The zero-order valence-electron chi connectivity index (χ0n) is 12.6. The molecule has 1 aromatic carbocycles. The van der Waals surface area contributed by atoms with Gasteiger partial charge in [0.2, 0.25) is 0 Å². The highest BCUT2D eigenvalue weighted by Gasteiger charge is 2.20. The van der Waals surface area contributed by atoms with Crippen LogP contribution in [-0.4, -0.2) is 17.8 Å². The fraction of sp³-hybridized carbons (Fsp3) is 0.412. The quantitative estimate of drug-likeness (QED) is 0.635. The van der Waals surface area contributed by atoms with Crippen molar-refractivity contribution in [2.45, 2.75) is 32.1 Å². The normalized spacial score (nSPS) is 20.0. The molecule has 122 valence electrons. The molecule has 2 fully saturated rings. The molecular weight excluding hydrogens is 334 g/mol. The summed E-state index contributed by atoms with van der Waals surface area (Å²) in [4.78, 5) is 24.0. The van der Waals surface area contributed by atoms with E-state index in [1.165, 1.54) is 24.6 Å². The molecule has 1 heterocycles. The highest BCUT2D eigenvalue weighted by molar-refractivity contribution is 8.17. The molecule has 1 saturated heterocycles. The van der Waals surface area contributed by atoms with E-state index < -0.39 is 0 Å². The summed E-state index contributed by atoms with van der Waals surface area (Å²) in [5.74, 6) is 0.736. The molecule has 0 aromatic heterocycles. The average molecular weight is 352 g/mol. The molecule has 3 rings (SSSR count). The average Bonchev–Trinajstić information content (AvgIpc) is 3.14. The summed E-state index contributed by atoms with van der Waals surface area (Å²) in [6, 6.07) is 5.19. The third-order valence-electron chi connectivity index (χ3n) is 4.08. The maximum atomic E-state index is 12.0. The van der Waals surface area contributed by atoms with Gasteiger partial charge in [-0.3, -0.25) is 9.59 Å². The molecule has 1 N–H and O–H groups in total. The number of rotatable bonds is 4. The van der Waals surface area contributed by atoms with Crippen molar-refractivity contribution in [1.82, 2.24) is 5.32 Å². The standard InChI is InChI=1S/C17H18ClNO3S/c18-15-9-13(22-16(20)7-11-3-1-2-4-11)6-5-12(15)8-14-10-19-17(21)23-14/h5-6,8-9,11H,1-4,7,10H2,(H,19,21)/b14-8-. The molecule has 4 nitrogen and oxygen atoms in total. The first-order chi connectivity index (χ1) is 11.1. The van der Waals surface area contributed by atoms with Crippen molar-refractivity contribution < 1.29 is 14.3 Å². The van der Waals surface area contributed by atoms with E-state index in [0.29, 0.717) is 29.7 Å². The number of thioether (sulfide) groups is 1. The van der Waals surface area contributed by atoms with Gasteiger partial charge >= 0.3 is 5.97 Å². The number of carbonyl (C=O) groups is 2. The minimum atomic E-state index is -0.194. The highest BCUT2D eigenvalue weighted by atomic mass is 35.5. The smallest absolute Gasteiger partial charge is 0.311 e. The van der Waals surface area contributed by atoms with Crippen LogP contribution in [0.1, 0.15) is 37.7 Å². The molecule has 1 aliphatic heterocycles. The Morgan fingerprint density at radius 3 is 2.83 bits per heavy atom. The summed E-state index contributed by atoms with van der Waals surface area (Å²) in [5, 5.41) is 3.18. The number of esters is 1. The highest BCUT2D eigenvalue weighted by Crippen LogP contribution is 2.31. The van der Waals surface area contributed by atoms with Gasteiger partial charge in [-0.25, -0.2) is 0 Å². The molecule has 1 aliphatic carbocycles. The van der Waals surface area contributed by atoms with Crippen LogP contribution in [0, 0.1) is 5.92 Å². The van der Waals surface area contributed by atoms with Crippen LogP contribution < -0.4 is 10.1 Å². The first kappa shape index (κ1) is 16.4. The van der Waals surface area contributed by atoms with Gasteiger partial charge in [0, 0.05) is 17.4 Å². The molecule has 0 atom stereocenters. The SMILES string of the molecule is O=C(CC1CCCC1)Oc1ccc(/C=C2/CNC(=O)S2)c(Cl)c1. The van der Waals surface area contributed by atoms with E-state index in [-0.39, 0.29) is 11.2 Å². The van der Waals surface area contributed by atoms with E-state index >= 15 is 0 Å². The predicted octanol–water partition coefficient (Wildman–Crippen LogP) is 4.62. The zero-order valence-corrected chi connectivity index (χ0v) is 14.2. The molecule has 0 unspecified atom stereocenters. The molecular formula is C17H18ClNO3S. The molecule has 1 aromatic rings. The Morgan fingerprint density at radius 2 is 2.17 bits per heavy atom. The first-order valence-electron chi connectivity index (χ1n) is 7.76. The lowest BCUT2D eigenvalue weighted by Crippen LogP contribution is -2.12. The fourth-order valence-corrected chi connectivity index (χ4v) is 3.85. The van der Waals surface area contributed by atoms with Crippen LogP contribution in [0.4, 0.5) is 4.79 Å². The monoisotopic (exact) mass is 351 g/mol. The number of halogens is 1. The molecule has 6 heteroatoms. The first-order valence-corrected chi connectivity index (χ1v) is 8.96. The van der Waals surface area contributed by atoms with Crippen molar-refractivity contribution in [3.63, 3.8) is 0 Å². The summed E-state index contributed by atoms with van der Waals surface area (Å²) < 4.78 is 5.38. The molecule has 0 spiro atoms. The lowest BCUT2D eigenvalue weighted by Gasteiger charge is -2.09. The van der Waals surface area contributed by atoms with Crippen molar-refractivity contribution in [2.24, 2.45) is 5.92 Å². The van der Waals surface area contributed by atoms with Crippen molar-refractivity contribution in [2.75, 3.05) is 6.54 Å². The van der Waals surface area contributed by atoms with Crippen molar-refractivity contribution in [3.05, 3.63) is 33.7 Å². The van der Waals surface area contributed by atoms with E-state index in [9.17, 15) is 9.59 Å². The Kier molecular flexibility index (Phi) is 5.28. The number of ether oxygens (including phenoxy) is 1.